The molecule has 23 heavy (non-hydrogen) atoms. The van der Waals surface area contributed by atoms with Crippen LogP contribution in [0.2, 0.25) is 0 Å². The molecule has 0 bridgehead atoms. The number of carbonyl (C=O) groups is 2. The fourth-order valence-electron chi connectivity index (χ4n) is 2.99. The fourth-order valence-corrected chi connectivity index (χ4v) is 2.99. The van der Waals surface area contributed by atoms with Crippen LogP contribution in [-0.4, -0.2) is 61.0 Å². The van der Waals surface area contributed by atoms with Gasteiger partial charge in [0, 0.05) is 32.6 Å². The van der Waals surface area contributed by atoms with Crippen molar-refractivity contribution in [3.05, 3.63) is 0 Å². The Balaban J connectivity index is 2.54. The molecule has 1 unspecified atom stereocenters. The third-order valence-corrected chi connectivity index (χ3v) is 4.09. The zero-order chi connectivity index (χ0) is 17.1. The maximum Gasteiger partial charge on any atom is 0.307 e. The molecule has 1 aliphatic rings. The quantitative estimate of drug-likeness (QED) is 0.605. The predicted molar refractivity (Wildman–Crippen MR) is 87.5 cm³/mol. The maximum absolute atomic E-state index is 12.8. The zero-order valence-corrected chi connectivity index (χ0v) is 14.4. The van der Waals surface area contributed by atoms with E-state index in [4.69, 9.17) is 10.00 Å². The van der Waals surface area contributed by atoms with Crippen molar-refractivity contribution in [2.24, 2.45) is 5.92 Å². The Morgan fingerprint density at radius 2 is 2.13 bits per heavy atom. The number of esters is 1. The normalized spacial score (nSPS) is 18.2. The molecule has 1 atom stereocenters. The molecule has 6 heteroatoms. The van der Waals surface area contributed by atoms with Crippen molar-refractivity contribution >= 4 is 11.9 Å². The number of hydrogen-bond donors (Lipinski definition) is 0. The molecule has 6 nitrogen and oxygen atoms in total. The Bertz CT molecular complexity index is 420. The van der Waals surface area contributed by atoms with E-state index in [0.29, 0.717) is 26.1 Å². The smallest absolute Gasteiger partial charge is 0.307 e. The van der Waals surface area contributed by atoms with Crippen molar-refractivity contribution in [2.75, 3.05) is 39.3 Å². The summed E-state index contributed by atoms with van der Waals surface area (Å²) >= 11 is 0. The second-order valence-corrected chi connectivity index (χ2v) is 5.93. The topological polar surface area (TPSA) is 73.6 Å². The molecule has 1 aliphatic heterocycles. The highest BCUT2D eigenvalue weighted by Crippen LogP contribution is 2.19. The predicted octanol–water partition coefficient (Wildman–Crippen LogP) is 1.80. The Morgan fingerprint density at radius 3 is 2.78 bits per heavy atom. The van der Waals surface area contributed by atoms with E-state index in [-0.39, 0.29) is 24.2 Å². The summed E-state index contributed by atoms with van der Waals surface area (Å²) in [6.07, 6.45) is 3.51. The van der Waals surface area contributed by atoms with E-state index >= 15 is 0 Å². The SMILES string of the molecule is CCCN(CCC(=O)OCC)C(=O)C1CCCN(CCC#N)C1. The molecular formula is C17H29N3O3. The van der Waals surface area contributed by atoms with Gasteiger partial charge in [-0.1, -0.05) is 6.92 Å². The summed E-state index contributed by atoms with van der Waals surface area (Å²) in [6.45, 7) is 7.71. The van der Waals surface area contributed by atoms with Crippen molar-refractivity contribution < 1.29 is 14.3 Å². The molecule has 0 N–H and O–H groups in total. The lowest BCUT2D eigenvalue weighted by atomic mass is 9.96. The van der Waals surface area contributed by atoms with Gasteiger partial charge in [-0.15, -0.1) is 0 Å². The minimum Gasteiger partial charge on any atom is -0.466 e. The molecule has 130 valence electrons. The van der Waals surface area contributed by atoms with Gasteiger partial charge in [-0.3, -0.25) is 9.59 Å². The Morgan fingerprint density at radius 1 is 1.35 bits per heavy atom. The summed E-state index contributed by atoms with van der Waals surface area (Å²) < 4.78 is 4.94. The largest absolute Gasteiger partial charge is 0.466 e. The van der Waals surface area contributed by atoms with Crippen LogP contribution in [0.5, 0.6) is 0 Å². The highest BCUT2D eigenvalue weighted by atomic mass is 16.5. The number of nitrogens with zero attached hydrogens (tertiary/aromatic N) is 3. The third kappa shape index (κ3) is 7.00. The summed E-state index contributed by atoms with van der Waals surface area (Å²) in [4.78, 5) is 28.3. The minimum absolute atomic E-state index is 0.0174. The molecule has 0 aromatic heterocycles. The fraction of sp³-hybridized carbons (Fsp3) is 0.824. The first-order valence-corrected chi connectivity index (χ1v) is 8.66. The summed E-state index contributed by atoms with van der Waals surface area (Å²) in [5.74, 6) is -0.130. The van der Waals surface area contributed by atoms with Gasteiger partial charge in [-0.25, -0.2) is 0 Å². The lowest BCUT2D eigenvalue weighted by molar-refractivity contribution is -0.144. The first-order chi connectivity index (χ1) is 11.1. The second-order valence-electron chi connectivity index (χ2n) is 5.93. The van der Waals surface area contributed by atoms with E-state index in [9.17, 15) is 9.59 Å². The van der Waals surface area contributed by atoms with Gasteiger partial charge >= 0.3 is 5.97 Å². The second kappa shape index (κ2) is 11.0. The molecule has 0 aromatic carbocycles. The molecule has 1 amide bonds. The Kier molecular flexibility index (Phi) is 9.30. The molecular weight excluding hydrogens is 294 g/mol. The highest BCUT2D eigenvalue weighted by Gasteiger charge is 2.29. The van der Waals surface area contributed by atoms with Crippen LogP contribution in [0.1, 0.15) is 46.0 Å². The van der Waals surface area contributed by atoms with Crippen LogP contribution < -0.4 is 0 Å². The number of nitriles is 1. The Hall–Kier alpha value is -1.61. The molecule has 0 spiro atoms. The van der Waals surface area contributed by atoms with E-state index in [1.165, 1.54) is 0 Å². The van der Waals surface area contributed by atoms with E-state index in [1.807, 2.05) is 6.92 Å². The molecule has 1 heterocycles. The summed E-state index contributed by atoms with van der Waals surface area (Å²) in [6, 6.07) is 2.16. The van der Waals surface area contributed by atoms with Crippen LogP contribution >= 0.6 is 0 Å². The number of amides is 1. The van der Waals surface area contributed by atoms with E-state index < -0.39 is 0 Å². The molecule has 1 saturated heterocycles. The van der Waals surface area contributed by atoms with Gasteiger partial charge in [0.2, 0.25) is 5.91 Å². The average Bonchev–Trinajstić information content (AvgIpc) is 2.56. The molecule has 0 aliphatic carbocycles. The lowest BCUT2D eigenvalue weighted by Gasteiger charge is -2.34. The van der Waals surface area contributed by atoms with Crippen LogP contribution in [-0.2, 0) is 14.3 Å². The standard InChI is InChI=1S/C17H29N3O3/c1-3-10-20(13-8-16(21)23-4-2)17(22)15-7-5-11-19(14-15)12-6-9-18/h15H,3-8,10-14H2,1-2H3. The minimum atomic E-state index is -0.249. The van der Waals surface area contributed by atoms with Crippen LogP contribution in [0.25, 0.3) is 0 Å². The van der Waals surface area contributed by atoms with Crippen LogP contribution in [0, 0.1) is 17.2 Å². The van der Waals surface area contributed by atoms with Gasteiger partial charge in [0.1, 0.15) is 0 Å². The highest BCUT2D eigenvalue weighted by molar-refractivity contribution is 5.80. The first-order valence-electron chi connectivity index (χ1n) is 8.66. The van der Waals surface area contributed by atoms with Gasteiger partial charge in [-0.05, 0) is 32.7 Å². The van der Waals surface area contributed by atoms with Gasteiger partial charge in [-0.2, -0.15) is 5.26 Å². The third-order valence-electron chi connectivity index (χ3n) is 4.09. The summed E-state index contributed by atoms with van der Waals surface area (Å²) in [5.41, 5.74) is 0. The van der Waals surface area contributed by atoms with Crippen molar-refractivity contribution in [1.82, 2.24) is 9.80 Å². The number of ether oxygens (including phenoxy) is 1. The van der Waals surface area contributed by atoms with Crippen molar-refractivity contribution in [2.45, 2.75) is 46.0 Å². The van der Waals surface area contributed by atoms with Crippen LogP contribution in [0.3, 0.4) is 0 Å². The molecule has 1 rings (SSSR count). The van der Waals surface area contributed by atoms with E-state index in [0.717, 1.165) is 38.9 Å². The molecule has 0 aromatic rings. The number of hydrogen-bond acceptors (Lipinski definition) is 5. The summed E-state index contributed by atoms with van der Waals surface area (Å²) in [7, 11) is 0. The van der Waals surface area contributed by atoms with Crippen LogP contribution in [0.4, 0.5) is 0 Å². The van der Waals surface area contributed by atoms with E-state index in [2.05, 4.69) is 11.0 Å². The molecule has 0 radical (unpaired) electrons. The van der Waals surface area contributed by atoms with Gasteiger partial charge in [0.15, 0.2) is 0 Å². The zero-order valence-electron chi connectivity index (χ0n) is 14.4. The van der Waals surface area contributed by atoms with Gasteiger partial charge in [0.05, 0.1) is 25.0 Å². The van der Waals surface area contributed by atoms with Crippen LogP contribution in [0.15, 0.2) is 0 Å². The van der Waals surface area contributed by atoms with Crippen molar-refractivity contribution in [3.8, 4) is 6.07 Å². The number of likely N-dealkylation sites (tertiary alicyclic amines) is 1. The molecule has 1 fully saturated rings. The molecule has 0 saturated carbocycles. The number of carbonyl (C=O) groups excluding carboxylic acids is 2. The monoisotopic (exact) mass is 323 g/mol. The number of rotatable bonds is 9. The van der Waals surface area contributed by atoms with Crippen molar-refractivity contribution in [1.29, 1.82) is 5.26 Å². The lowest BCUT2D eigenvalue weighted by Crippen LogP contribution is -2.45. The average molecular weight is 323 g/mol. The maximum atomic E-state index is 12.8. The first kappa shape index (κ1) is 19.4. The van der Waals surface area contributed by atoms with Gasteiger partial charge in [0.25, 0.3) is 0 Å². The Labute approximate surface area is 139 Å². The van der Waals surface area contributed by atoms with Crippen molar-refractivity contribution in [3.63, 3.8) is 0 Å². The van der Waals surface area contributed by atoms with Gasteiger partial charge < -0.3 is 14.5 Å². The summed E-state index contributed by atoms with van der Waals surface area (Å²) in [5, 5.41) is 8.70. The number of piperidine rings is 1. The van der Waals surface area contributed by atoms with E-state index in [1.54, 1.807) is 11.8 Å².